The van der Waals surface area contributed by atoms with Crippen molar-refractivity contribution in [1.29, 1.82) is 0 Å². The molecule has 4 nitrogen and oxygen atoms in total. The van der Waals surface area contributed by atoms with Crippen LogP contribution in [0.15, 0.2) is 36.5 Å². The van der Waals surface area contributed by atoms with Crippen LogP contribution in [0.25, 0.3) is 0 Å². The summed E-state index contributed by atoms with van der Waals surface area (Å²) in [5.41, 5.74) is 4.27. The van der Waals surface area contributed by atoms with Crippen molar-refractivity contribution in [3.05, 3.63) is 53.3 Å². The number of hydrogen-bond acceptors (Lipinski definition) is 2. The summed E-state index contributed by atoms with van der Waals surface area (Å²) in [7, 11) is 0. The number of benzene rings is 1. The molecule has 1 amide bonds. The minimum absolute atomic E-state index is 0.102. The van der Waals surface area contributed by atoms with E-state index in [0.717, 1.165) is 37.2 Å². The molecule has 1 aromatic carbocycles. The van der Waals surface area contributed by atoms with Crippen molar-refractivity contribution in [3.63, 3.8) is 0 Å². The third-order valence-electron chi connectivity index (χ3n) is 4.71. The molecule has 128 valence electrons. The molecule has 1 atom stereocenters. The molecule has 1 saturated heterocycles. The molecule has 0 bridgehead atoms. The third-order valence-corrected chi connectivity index (χ3v) is 4.71. The lowest BCUT2D eigenvalue weighted by atomic mass is 10.0. The number of rotatable bonds is 4. The van der Waals surface area contributed by atoms with Crippen molar-refractivity contribution < 1.29 is 4.79 Å². The molecule has 1 fully saturated rings. The van der Waals surface area contributed by atoms with Crippen molar-refractivity contribution >= 4 is 11.6 Å². The lowest BCUT2D eigenvalue weighted by molar-refractivity contribution is 0.0709. The minimum Gasteiger partial charge on any atom is -0.381 e. The third kappa shape index (κ3) is 3.81. The van der Waals surface area contributed by atoms with Gasteiger partial charge in [-0.3, -0.25) is 4.79 Å². The number of aromatic amines is 1. The topological polar surface area (TPSA) is 48.1 Å². The Morgan fingerprint density at radius 3 is 2.67 bits per heavy atom. The van der Waals surface area contributed by atoms with E-state index < -0.39 is 0 Å². The first-order valence-electron chi connectivity index (χ1n) is 8.83. The van der Waals surface area contributed by atoms with Crippen LogP contribution in [0, 0.1) is 6.92 Å². The van der Waals surface area contributed by atoms with E-state index in [0.29, 0.717) is 17.7 Å². The zero-order valence-corrected chi connectivity index (χ0v) is 14.8. The number of anilines is 1. The van der Waals surface area contributed by atoms with Gasteiger partial charge >= 0.3 is 0 Å². The van der Waals surface area contributed by atoms with Gasteiger partial charge in [0.2, 0.25) is 0 Å². The normalized spacial score (nSPS) is 18.0. The van der Waals surface area contributed by atoms with E-state index in [9.17, 15) is 4.79 Å². The van der Waals surface area contributed by atoms with Crippen molar-refractivity contribution in [2.24, 2.45) is 0 Å². The second-order valence-electron chi connectivity index (χ2n) is 7.10. The number of aryl methyl sites for hydroxylation is 1. The molecule has 0 aliphatic carbocycles. The summed E-state index contributed by atoms with van der Waals surface area (Å²) in [5, 5.41) is 3.58. The van der Waals surface area contributed by atoms with Gasteiger partial charge in [0.1, 0.15) is 5.69 Å². The monoisotopic (exact) mass is 325 g/mol. The Balaban J connectivity index is 1.62. The van der Waals surface area contributed by atoms with Crippen LogP contribution in [-0.4, -0.2) is 34.9 Å². The standard InChI is InChI=1S/C20H27N3O/c1-14(2)16-6-8-17(9-7-16)22-18-5-4-10-23(13-18)20(24)19-11-15(3)12-21-19/h6-9,11-12,14,18,21-22H,4-5,10,13H2,1-3H3. The van der Waals surface area contributed by atoms with E-state index >= 15 is 0 Å². The first kappa shape index (κ1) is 16.6. The predicted octanol–water partition coefficient (Wildman–Crippen LogP) is 4.16. The Labute approximate surface area is 144 Å². The summed E-state index contributed by atoms with van der Waals surface area (Å²) in [4.78, 5) is 17.6. The average molecular weight is 325 g/mol. The zero-order valence-electron chi connectivity index (χ0n) is 14.8. The molecule has 2 heterocycles. The molecule has 2 aromatic rings. The lowest BCUT2D eigenvalue weighted by Crippen LogP contribution is -2.45. The Morgan fingerprint density at radius 1 is 1.29 bits per heavy atom. The fourth-order valence-electron chi connectivity index (χ4n) is 3.28. The Hall–Kier alpha value is -2.23. The smallest absolute Gasteiger partial charge is 0.270 e. The Bertz CT molecular complexity index is 687. The van der Waals surface area contributed by atoms with Crippen LogP contribution in [-0.2, 0) is 0 Å². The van der Waals surface area contributed by atoms with Gasteiger partial charge in [-0.25, -0.2) is 0 Å². The van der Waals surface area contributed by atoms with Gasteiger partial charge in [0, 0.05) is 31.0 Å². The summed E-state index contributed by atoms with van der Waals surface area (Å²) < 4.78 is 0. The quantitative estimate of drug-likeness (QED) is 0.886. The second-order valence-corrected chi connectivity index (χ2v) is 7.10. The maximum Gasteiger partial charge on any atom is 0.270 e. The number of piperidine rings is 1. The molecule has 0 saturated carbocycles. The zero-order chi connectivity index (χ0) is 17.1. The van der Waals surface area contributed by atoms with E-state index in [1.807, 2.05) is 24.1 Å². The van der Waals surface area contributed by atoms with E-state index in [1.165, 1.54) is 5.56 Å². The highest BCUT2D eigenvalue weighted by Gasteiger charge is 2.25. The fourth-order valence-corrected chi connectivity index (χ4v) is 3.28. The molecule has 3 rings (SSSR count). The molecule has 4 heteroatoms. The number of nitrogens with zero attached hydrogens (tertiary/aromatic N) is 1. The second kappa shape index (κ2) is 7.12. The highest BCUT2D eigenvalue weighted by atomic mass is 16.2. The number of nitrogens with one attached hydrogen (secondary N) is 2. The van der Waals surface area contributed by atoms with E-state index in [-0.39, 0.29) is 5.91 Å². The van der Waals surface area contributed by atoms with Crippen LogP contribution in [0.2, 0.25) is 0 Å². The number of amides is 1. The molecule has 0 radical (unpaired) electrons. The van der Waals surface area contributed by atoms with E-state index in [2.05, 4.69) is 48.4 Å². The maximum atomic E-state index is 12.6. The molecule has 0 spiro atoms. The summed E-state index contributed by atoms with van der Waals surface area (Å²) in [5.74, 6) is 0.649. The number of hydrogen-bond donors (Lipinski definition) is 2. The Morgan fingerprint density at radius 2 is 2.04 bits per heavy atom. The summed E-state index contributed by atoms with van der Waals surface area (Å²) in [6.07, 6.45) is 4.01. The van der Waals surface area contributed by atoms with Crippen LogP contribution in [0.3, 0.4) is 0 Å². The highest BCUT2D eigenvalue weighted by molar-refractivity contribution is 5.92. The molecule has 1 unspecified atom stereocenters. The molecular weight excluding hydrogens is 298 g/mol. The van der Waals surface area contributed by atoms with Gasteiger partial charge in [-0.1, -0.05) is 26.0 Å². The SMILES string of the molecule is Cc1c[nH]c(C(=O)N2CCCC(Nc3ccc(C(C)C)cc3)C2)c1. The summed E-state index contributed by atoms with van der Waals surface area (Å²) >= 11 is 0. The van der Waals surface area contributed by atoms with Crippen LogP contribution >= 0.6 is 0 Å². The van der Waals surface area contributed by atoms with Crippen molar-refractivity contribution in [2.75, 3.05) is 18.4 Å². The minimum atomic E-state index is 0.102. The first-order chi connectivity index (χ1) is 11.5. The van der Waals surface area contributed by atoms with Gasteiger partial charge < -0.3 is 15.2 Å². The van der Waals surface area contributed by atoms with E-state index in [4.69, 9.17) is 0 Å². The van der Waals surface area contributed by atoms with Gasteiger partial charge in [-0.05, 0) is 55.0 Å². The number of aromatic nitrogens is 1. The predicted molar refractivity (Wildman–Crippen MR) is 98.6 cm³/mol. The van der Waals surface area contributed by atoms with Crippen LogP contribution in [0.4, 0.5) is 5.69 Å². The average Bonchev–Trinajstić information content (AvgIpc) is 3.01. The largest absolute Gasteiger partial charge is 0.381 e. The molecule has 24 heavy (non-hydrogen) atoms. The van der Waals surface area contributed by atoms with Crippen molar-refractivity contribution in [1.82, 2.24) is 9.88 Å². The molecule has 1 aromatic heterocycles. The van der Waals surface area contributed by atoms with E-state index in [1.54, 1.807) is 0 Å². The number of H-pyrrole nitrogens is 1. The van der Waals surface area contributed by atoms with Gasteiger partial charge in [-0.2, -0.15) is 0 Å². The fraction of sp³-hybridized carbons (Fsp3) is 0.450. The van der Waals surface area contributed by atoms with Gasteiger partial charge in [0.25, 0.3) is 5.91 Å². The molecule has 1 aliphatic rings. The van der Waals surface area contributed by atoms with Crippen LogP contribution < -0.4 is 5.32 Å². The van der Waals surface area contributed by atoms with Crippen LogP contribution in [0.1, 0.15) is 54.2 Å². The summed E-state index contributed by atoms with van der Waals surface area (Å²) in [6, 6.07) is 10.9. The number of carbonyl (C=O) groups excluding carboxylic acids is 1. The maximum absolute atomic E-state index is 12.6. The van der Waals surface area contributed by atoms with Gasteiger partial charge in [-0.15, -0.1) is 0 Å². The lowest BCUT2D eigenvalue weighted by Gasteiger charge is -2.33. The van der Waals surface area contributed by atoms with Crippen molar-refractivity contribution in [3.8, 4) is 0 Å². The van der Waals surface area contributed by atoms with Crippen molar-refractivity contribution in [2.45, 2.75) is 45.6 Å². The van der Waals surface area contributed by atoms with Gasteiger partial charge in [0.05, 0.1) is 0 Å². The highest BCUT2D eigenvalue weighted by Crippen LogP contribution is 2.21. The van der Waals surface area contributed by atoms with Gasteiger partial charge in [0.15, 0.2) is 0 Å². The van der Waals surface area contributed by atoms with Crippen LogP contribution in [0.5, 0.6) is 0 Å². The first-order valence-corrected chi connectivity index (χ1v) is 8.83. The molecule has 1 aliphatic heterocycles. The molecular formula is C20H27N3O. The summed E-state index contributed by atoms with van der Waals surface area (Å²) in [6.45, 7) is 7.99. The molecule has 2 N–H and O–H groups in total. The Kier molecular flexibility index (Phi) is 4.93. The number of carbonyl (C=O) groups is 1. The number of likely N-dealkylation sites (tertiary alicyclic amines) is 1.